The highest BCUT2D eigenvalue weighted by Crippen LogP contribution is 2.33. The van der Waals surface area contributed by atoms with Crippen molar-refractivity contribution in [1.29, 1.82) is 0 Å². The number of halogens is 2. The van der Waals surface area contributed by atoms with Gasteiger partial charge in [-0.1, -0.05) is 6.07 Å². The lowest BCUT2D eigenvalue weighted by molar-refractivity contribution is 0.103. The Morgan fingerprint density at radius 3 is 2.52 bits per heavy atom. The molecule has 1 aliphatic heterocycles. The van der Waals surface area contributed by atoms with Gasteiger partial charge in [-0.3, -0.25) is 4.57 Å². The molecule has 9 nitrogen and oxygen atoms in total. The van der Waals surface area contributed by atoms with E-state index in [0.717, 1.165) is 24.1 Å². The molecular weight excluding hydrogens is 454 g/mol. The summed E-state index contributed by atoms with van der Waals surface area (Å²) in [5.74, 6) is -1.20. The summed E-state index contributed by atoms with van der Waals surface area (Å²) in [7, 11) is -2.90. The first-order chi connectivity index (χ1) is 15.8. The minimum Gasteiger partial charge on any atom is -0.370 e. The highest BCUT2D eigenvalue weighted by atomic mass is 32.2. The van der Waals surface area contributed by atoms with Crippen LogP contribution in [0.1, 0.15) is 54.8 Å². The molecule has 0 bridgehead atoms. The summed E-state index contributed by atoms with van der Waals surface area (Å²) < 4.78 is 61.8. The molecule has 0 spiro atoms. The van der Waals surface area contributed by atoms with Crippen LogP contribution in [0.5, 0.6) is 0 Å². The Bertz CT molecular complexity index is 1170. The molecule has 1 aliphatic rings. The first-order valence-electron chi connectivity index (χ1n) is 10.5. The molecule has 0 radical (unpaired) electrons. The highest BCUT2D eigenvalue weighted by Gasteiger charge is 2.32. The molecule has 1 fully saturated rings. The topological polar surface area (TPSA) is 112 Å². The minimum atomic E-state index is -2.90. The van der Waals surface area contributed by atoms with Gasteiger partial charge in [0, 0.05) is 37.4 Å². The van der Waals surface area contributed by atoms with Crippen molar-refractivity contribution in [3.8, 4) is 5.69 Å². The smallest absolute Gasteiger partial charge is 0.201 e. The molecule has 0 aliphatic carbocycles. The van der Waals surface area contributed by atoms with Gasteiger partial charge >= 0.3 is 0 Å². The normalized spacial score (nSPS) is 18.0. The molecule has 2 aromatic heterocycles. The van der Waals surface area contributed by atoms with E-state index in [0.29, 0.717) is 24.7 Å². The van der Waals surface area contributed by atoms with Crippen LogP contribution in [0.15, 0.2) is 30.6 Å². The number of nitrogens with one attached hydrogen (secondary N) is 1. The minimum absolute atomic E-state index is 0.0773. The molecule has 4 rings (SSSR count). The number of hydrogen-bond donors (Lipinski definition) is 2. The zero-order valence-corrected chi connectivity index (χ0v) is 19.0. The van der Waals surface area contributed by atoms with E-state index in [1.165, 1.54) is 10.6 Å². The first-order valence-corrected chi connectivity index (χ1v) is 11.7. The summed E-state index contributed by atoms with van der Waals surface area (Å²) in [6.07, 6.45) is 4.31. The molecule has 3 heterocycles. The summed E-state index contributed by atoms with van der Waals surface area (Å²) >= 11 is 0. The second-order valence-electron chi connectivity index (χ2n) is 7.99. The van der Waals surface area contributed by atoms with E-state index >= 15 is 0 Å². The summed E-state index contributed by atoms with van der Waals surface area (Å²) in [4.78, 5) is 8.69. The monoisotopic (exact) mass is 478 g/mol. The van der Waals surface area contributed by atoms with Crippen molar-refractivity contribution in [2.24, 2.45) is 0 Å². The van der Waals surface area contributed by atoms with Crippen LogP contribution >= 0.6 is 0 Å². The Balaban J connectivity index is 1.81. The number of nitrogens with zero attached hydrogens (tertiary/aromatic N) is 5. The molecule has 1 aromatic carbocycles. The van der Waals surface area contributed by atoms with Gasteiger partial charge in [-0.05, 0) is 44.4 Å². The number of ether oxygens (including phenoxy) is 1. The summed E-state index contributed by atoms with van der Waals surface area (Å²) in [5, 5.41) is 8.44. The van der Waals surface area contributed by atoms with Crippen molar-refractivity contribution < 1.29 is 21.9 Å². The molecule has 176 valence electrons. The van der Waals surface area contributed by atoms with E-state index < -0.39 is 40.6 Å². The number of hydrogen-bond acceptors (Lipinski definition) is 7. The predicted octanol–water partition coefficient (Wildman–Crippen LogP) is 2.33. The van der Waals surface area contributed by atoms with Crippen molar-refractivity contribution in [1.82, 2.24) is 29.5 Å². The molecule has 12 heteroatoms. The third kappa shape index (κ3) is 5.07. The van der Waals surface area contributed by atoms with Crippen LogP contribution in [-0.2, 0) is 22.0 Å². The predicted molar refractivity (Wildman–Crippen MR) is 115 cm³/mol. The number of rotatable bonds is 8. The van der Waals surface area contributed by atoms with Crippen molar-refractivity contribution in [2.45, 2.75) is 51.2 Å². The van der Waals surface area contributed by atoms with Gasteiger partial charge < -0.3 is 4.74 Å². The maximum absolute atomic E-state index is 14.8. The number of aromatic nitrogens is 5. The fourth-order valence-electron chi connectivity index (χ4n) is 3.94. The number of aryl methyl sites for hydroxylation is 1. The highest BCUT2D eigenvalue weighted by molar-refractivity contribution is 7.70. The van der Waals surface area contributed by atoms with E-state index in [-0.39, 0.29) is 17.9 Å². The number of benzene rings is 1. The van der Waals surface area contributed by atoms with Crippen LogP contribution in [0.2, 0.25) is 0 Å². The third-order valence-electron chi connectivity index (χ3n) is 5.58. The van der Waals surface area contributed by atoms with Crippen molar-refractivity contribution >= 4 is 10.9 Å². The second-order valence-corrected chi connectivity index (χ2v) is 8.76. The number of para-hydroxylation sites is 1. The molecule has 1 N–H and O–H groups in total. The van der Waals surface area contributed by atoms with Crippen LogP contribution in [0.4, 0.5) is 8.78 Å². The molecule has 0 saturated carbocycles. The SMILES string of the molecule is Cc1cnc([C@H](Cc2nnc([C@H]3CCCO3)n2-c2c(F)cccc2F)[C@@H](C)N[SH](=O)=O)nc1. The Morgan fingerprint density at radius 1 is 1.21 bits per heavy atom. The zero-order chi connectivity index (χ0) is 23.5. The van der Waals surface area contributed by atoms with E-state index in [4.69, 9.17) is 4.74 Å². The average Bonchev–Trinajstić information content (AvgIpc) is 3.42. The molecule has 33 heavy (non-hydrogen) atoms. The molecule has 3 aromatic rings. The van der Waals surface area contributed by atoms with Crippen molar-refractivity contribution in [2.75, 3.05) is 6.61 Å². The Morgan fingerprint density at radius 2 is 1.91 bits per heavy atom. The molecule has 3 atom stereocenters. The van der Waals surface area contributed by atoms with E-state index in [9.17, 15) is 17.2 Å². The van der Waals surface area contributed by atoms with E-state index in [1.807, 2.05) is 6.92 Å². The quantitative estimate of drug-likeness (QED) is 0.478. The van der Waals surface area contributed by atoms with Gasteiger partial charge in [0.2, 0.25) is 10.9 Å². The Labute approximate surface area is 191 Å². The van der Waals surface area contributed by atoms with Gasteiger partial charge in [-0.2, -0.15) is 0 Å². The molecular formula is C21H24F2N6O3S. The summed E-state index contributed by atoms with van der Waals surface area (Å²) in [5.41, 5.74) is 0.535. The average molecular weight is 479 g/mol. The van der Waals surface area contributed by atoms with Gasteiger partial charge in [0.15, 0.2) is 5.82 Å². The van der Waals surface area contributed by atoms with Gasteiger partial charge in [0.05, 0.1) is 0 Å². The lowest BCUT2D eigenvalue weighted by Gasteiger charge is -2.22. The fraction of sp³-hybridized carbons (Fsp3) is 0.429. The first kappa shape index (κ1) is 23.3. The van der Waals surface area contributed by atoms with E-state index in [1.54, 1.807) is 19.3 Å². The largest absolute Gasteiger partial charge is 0.370 e. The van der Waals surface area contributed by atoms with E-state index in [2.05, 4.69) is 24.9 Å². The van der Waals surface area contributed by atoms with Gasteiger partial charge in [0.1, 0.15) is 35.1 Å². The standard InChI is InChI=1S/C21H24F2N6O3S/c1-12-10-24-20(25-11-12)14(13(2)28-33(30)31)9-18-26-27-21(17-7-4-8-32-17)29(18)19-15(22)5-3-6-16(19)23/h3,5-6,10-11,13-14,17,33H,4,7-9H2,1-2H3,(H,28,30,31)/t13-,14-,17-/m1/s1. The second kappa shape index (κ2) is 9.98. The molecule has 0 unspecified atom stereocenters. The van der Waals surface area contributed by atoms with Crippen LogP contribution in [-0.4, -0.2) is 45.8 Å². The lowest BCUT2D eigenvalue weighted by atomic mass is 9.96. The maximum atomic E-state index is 14.8. The number of thiol groups is 1. The van der Waals surface area contributed by atoms with Gasteiger partial charge in [-0.15, -0.1) is 10.2 Å². The zero-order valence-electron chi connectivity index (χ0n) is 18.1. The molecule has 1 saturated heterocycles. The van der Waals surface area contributed by atoms with Crippen LogP contribution in [0.3, 0.4) is 0 Å². The summed E-state index contributed by atoms with van der Waals surface area (Å²) in [6.45, 7) is 4.02. The van der Waals surface area contributed by atoms with Crippen LogP contribution in [0, 0.1) is 18.6 Å². The van der Waals surface area contributed by atoms with Crippen LogP contribution in [0.25, 0.3) is 5.69 Å². The summed E-state index contributed by atoms with van der Waals surface area (Å²) in [6, 6.07) is 2.99. The van der Waals surface area contributed by atoms with Crippen LogP contribution < -0.4 is 4.72 Å². The van der Waals surface area contributed by atoms with Gasteiger partial charge in [0.25, 0.3) is 0 Å². The third-order valence-corrected chi connectivity index (χ3v) is 6.20. The van der Waals surface area contributed by atoms with Crippen molar-refractivity contribution in [3.63, 3.8) is 0 Å². The lowest BCUT2D eigenvalue weighted by Crippen LogP contribution is -2.34. The Hall–Kier alpha value is -2.83. The van der Waals surface area contributed by atoms with Crippen molar-refractivity contribution in [3.05, 3.63) is 65.3 Å². The Kier molecular flexibility index (Phi) is 7.05. The van der Waals surface area contributed by atoms with Gasteiger partial charge in [-0.25, -0.2) is 31.9 Å². The fourth-order valence-corrected chi connectivity index (χ4v) is 4.45. The molecule has 0 amide bonds. The maximum Gasteiger partial charge on any atom is 0.201 e.